The average molecular weight is 202 g/mol. The van der Waals surface area contributed by atoms with Crippen molar-refractivity contribution in [2.24, 2.45) is 0 Å². The van der Waals surface area contributed by atoms with Gasteiger partial charge in [-0.3, -0.25) is 4.98 Å². The summed E-state index contributed by atoms with van der Waals surface area (Å²) in [7, 11) is 0. The Morgan fingerprint density at radius 1 is 1.27 bits per heavy atom. The Balaban J connectivity index is 0.000000404. The number of rotatable bonds is 1. The Hall–Kier alpha value is -1.31. The second kappa shape index (κ2) is 4.05. The number of hydrogen-bond acceptors (Lipinski definition) is 1. The van der Waals surface area contributed by atoms with Crippen molar-refractivity contribution in [1.29, 1.82) is 0 Å². The fourth-order valence-corrected chi connectivity index (χ4v) is 1.95. The van der Waals surface area contributed by atoms with Crippen LogP contribution in [0.15, 0.2) is 24.7 Å². The Bertz CT molecular complexity index is 453. The van der Waals surface area contributed by atoms with E-state index in [9.17, 15) is 0 Å². The maximum Gasteiger partial charge on any atom is 0.0543 e. The first-order valence-electron chi connectivity index (χ1n) is 5.77. The molecule has 0 aliphatic heterocycles. The lowest BCUT2D eigenvalue weighted by Gasteiger charge is -2.04. The zero-order chi connectivity index (χ0) is 10.8. The largest absolute Gasteiger partial charge is 0.344 e. The minimum absolute atomic E-state index is 0.763. The minimum Gasteiger partial charge on any atom is -0.344 e. The number of nitrogens with zero attached hydrogens (tertiary/aromatic N) is 2. The first-order valence-corrected chi connectivity index (χ1v) is 5.77. The van der Waals surface area contributed by atoms with Crippen molar-refractivity contribution < 1.29 is 0 Å². The van der Waals surface area contributed by atoms with Crippen LogP contribution in [-0.2, 0) is 0 Å². The van der Waals surface area contributed by atoms with Crippen molar-refractivity contribution in [2.45, 2.75) is 39.7 Å². The topological polar surface area (TPSA) is 17.8 Å². The van der Waals surface area contributed by atoms with Gasteiger partial charge in [0.25, 0.3) is 0 Å². The average Bonchev–Trinajstić information content (AvgIpc) is 3.02. The second-order valence-electron chi connectivity index (χ2n) is 3.85. The van der Waals surface area contributed by atoms with Gasteiger partial charge in [-0.1, -0.05) is 13.8 Å². The van der Waals surface area contributed by atoms with E-state index in [4.69, 9.17) is 0 Å². The van der Waals surface area contributed by atoms with Crippen molar-refractivity contribution in [3.05, 3.63) is 30.2 Å². The molecule has 1 saturated carbocycles. The molecular weight excluding hydrogens is 184 g/mol. The number of aromatic nitrogens is 2. The monoisotopic (exact) mass is 202 g/mol. The molecule has 0 aromatic carbocycles. The quantitative estimate of drug-likeness (QED) is 0.689. The maximum atomic E-state index is 4.19. The van der Waals surface area contributed by atoms with Crippen molar-refractivity contribution in [1.82, 2.24) is 9.55 Å². The normalized spacial score (nSPS) is 14.9. The van der Waals surface area contributed by atoms with Gasteiger partial charge in [0, 0.05) is 30.0 Å². The molecule has 2 heterocycles. The van der Waals surface area contributed by atoms with Gasteiger partial charge in [-0.2, -0.15) is 0 Å². The van der Waals surface area contributed by atoms with Crippen LogP contribution in [-0.4, -0.2) is 9.55 Å². The standard InChI is InChI=1S/C11H12N2.C2H6/c1-8-6-12-7-9-4-5-13(11(8)9)10-2-3-10;1-2/h4-7,10H,2-3H2,1H3;1-2H3. The van der Waals surface area contributed by atoms with Crippen LogP contribution in [0.25, 0.3) is 10.9 Å². The van der Waals surface area contributed by atoms with Crippen LogP contribution in [0.3, 0.4) is 0 Å². The van der Waals surface area contributed by atoms with E-state index in [1.807, 2.05) is 26.2 Å². The molecule has 1 aliphatic rings. The molecule has 0 amide bonds. The van der Waals surface area contributed by atoms with Gasteiger partial charge in [-0.25, -0.2) is 0 Å². The predicted molar refractivity (Wildman–Crippen MR) is 64.1 cm³/mol. The number of pyridine rings is 1. The summed E-state index contributed by atoms with van der Waals surface area (Å²) in [6.07, 6.45) is 8.76. The Labute approximate surface area is 90.9 Å². The van der Waals surface area contributed by atoms with Gasteiger partial charge in [-0.15, -0.1) is 0 Å². The van der Waals surface area contributed by atoms with Gasteiger partial charge >= 0.3 is 0 Å². The molecule has 0 spiro atoms. The Kier molecular flexibility index (Phi) is 2.76. The Morgan fingerprint density at radius 2 is 2.00 bits per heavy atom. The summed E-state index contributed by atoms with van der Waals surface area (Å²) in [6.45, 7) is 6.13. The lowest BCUT2D eigenvalue weighted by atomic mass is 10.2. The van der Waals surface area contributed by atoms with Crippen molar-refractivity contribution in [3.63, 3.8) is 0 Å². The Morgan fingerprint density at radius 3 is 2.67 bits per heavy atom. The van der Waals surface area contributed by atoms with E-state index in [-0.39, 0.29) is 0 Å². The van der Waals surface area contributed by atoms with Gasteiger partial charge in [0.1, 0.15) is 0 Å². The van der Waals surface area contributed by atoms with E-state index in [1.54, 1.807) is 0 Å². The van der Waals surface area contributed by atoms with Crippen molar-refractivity contribution in [2.75, 3.05) is 0 Å². The summed E-state index contributed by atoms with van der Waals surface area (Å²) in [4.78, 5) is 4.19. The molecular formula is C13H18N2. The van der Waals surface area contributed by atoms with E-state index < -0.39 is 0 Å². The lowest BCUT2D eigenvalue weighted by molar-refractivity contribution is 0.773. The third-order valence-electron chi connectivity index (χ3n) is 2.74. The molecule has 2 aromatic heterocycles. The summed E-state index contributed by atoms with van der Waals surface area (Å²) >= 11 is 0. The first kappa shape index (κ1) is 10.2. The molecule has 2 nitrogen and oxygen atoms in total. The summed E-state index contributed by atoms with van der Waals surface area (Å²) in [5.74, 6) is 0. The zero-order valence-electron chi connectivity index (χ0n) is 9.70. The first-order chi connectivity index (χ1) is 7.36. The van der Waals surface area contributed by atoms with Crippen LogP contribution < -0.4 is 0 Å². The molecule has 1 aliphatic carbocycles. The molecule has 0 unspecified atom stereocenters. The molecule has 0 N–H and O–H groups in total. The van der Waals surface area contributed by atoms with Crippen LogP contribution in [0.2, 0.25) is 0 Å². The van der Waals surface area contributed by atoms with Crippen LogP contribution in [0.1, 0.15) is 38.3 Å². The van der Waals surface area contributed by atoms with E-state index >= 15 is 0 Å². The van der Waals surface area contributed by atoms with Crippen LogP contribution >= 0.6 is 0 Å². The SMILES string of the molecule is CC.Cc1cncc2ccn(C3CC3)c12. The van der Waals surface area contributed by atoms with E-state index in [0.717, 1.165) is 6.04 Å². The molecule has 0 saturated heterocycles. The molecule has 1 fully saturated rings. The van der Waals surface area contributed by atoms with E-state index in [0.29, 0.717) is 0 Å². The van der Waals surface area contributed by atoms with Gasteiger partial charge in [-0.05, 0) is 31.4 Å². The lowest BCUT2D eigenvalue weighted by Crippen LogP contribution is -1.92. The molecule has 15 heavy (non-hydrogen) atoms. The highest BCUT2D eigenvalue weighted by Crippen LogP contribution is 2.38. The van der Waals surface area contributed by atoms with Crippen LogP contribution in [0.5, 0.6) is 0 Å². The van der Waals surface area contributed by atoms with Crippen LogP contribution in [0.4, 0.5) is 0 Å². The number of aryl methyl sites for hydroxylation is 1. The molecule has 80 valence electrons. The molecule has 0 bridgehead atoms. The molecule has 0 radical (unpaired) electrons. The summed E-state index contributed by atoms with van der Waals surface area (Å²) in [6, 6.07) is 2.92. The molecule has 3 rings (SSSR count). The highest BCUT2D eigenvalue weighted by atomic mass is 15.0. The third-order valence-corrected chi connectivity index (χ3v) is 2.74. The van der Waals surface area contributed by atoms with Gasteiger partial charge in [0.15, 0.2) is 0 Å². The molecule has 2 heteroatoms. The van der Waals surface area contributed by atoms with Crippen LogP contribution in [0, 0.1) is 6.92 Å². The van der Waals surface area contributed by atoms with Gasteiger partial charge < -0.3 is 4.57 Å². The third kappa shape index (κ3) is 1.76. The highest BCUT2D eigenvalue weighted by Gasteiger charge is 2.24. The number of hydrogen-bond donors (Lipinski definition) is 0. The van der Waals surface area contributed by atoms with Gasteiger partial charge in [0.05, 0.1) is 5.52 Å². The van der Waals surface area contributed by atoms with Gasteiger partial charge in [0.2, 0.25) is 0 Å². The predicted octanol–water partition coefficient (Wildman–Crippen LogP) is 3.71. The van der Waals surface area contributed by atoms with E-state index in [1.165, 1.54) is 29.3 Å². The minimum atomic E-state index is 0.763. The van der Waals surface area contributed by atoms with Crippen molar-refractivity contribution in [3.8, 4) is 0 Å². The molecule has 0 atom stereocenters. The maximum absolute atomic E-state index is 4.19. The summed E-state index contributed by atoms with van der Waals surface area (Å²) < 4.78 is 2.40. The zero-order valence-corrected chi connectivity index (χ0v) is 9.70. The number of fused-ring (bicyclic) bond motifs is 1. The smallest absolute Gasteiger partial charge is 0.0543 e. The molecule has 2 aromatic rings. The fourth-order valence-electron chi connectivity index (χ4n) is 1.95. The fraction of sp³-hybridized carbons (Fsp3) is 0.462. The van der Waals surface area contributed by atoms with Crippen molar-refractivity contribution >= 4 is 10.9 Å². The summed E-state index contributed by atoms with van der Waals surface area (Å²) in [5, 5.41) is 1.27. The highest BCUT2D eigenvalue weighted by molar-refractivity contribution is 5.82. The van der Waals surface area contributed by atoms with E-state index in [2.05, 4.69) is 28.7 Å². The summed E-state index contributed by atoms with van der Waals surface area (Å²) in [5.41, 5.74) is 2.66. The second-order valence-corrected chi connectivity index (χ2v) is 3.85.